The molecule has 2 N–H and O–H groups in total. The van der Waals surface area contributed by atoms with Crippen molar-refractivity contribution in [2.45, 2.75) is 40.0 Å². The number of rotatable bonds is 6. The van der Waals surface area contributed by atoms with Crippen molar-refractivity contribution in [3.63, 3.8) is 0 Å². The third-order valence-corrected chi connectivity index (χ3v) is 5.59. The van der Waals surface area contributed by atoms with E-state index in [4.69, 9.17) is 10.5 Å². The summed E-state index contributed by atoms with van der Waals surface area (Å²) >= 11 is 0. The number of nitrogens with zero attached hydrogens (tertiary/aromatic N) is 2. The summed E-state index contributed by atoms with van der Waals surface area (Å²) in [7, 11) is 1.73. The Hall–Kier alpha value is -2.07. The number of anilines is 1. The zero-order valence-corrected chi connectivity index (χ0v) is 17.2. The van der Waals surface area contributed by atoms with Gasteiger partial charge in [0.1, 0.15) is 11.6 Å². The van der Waals surface area contributed by atoms with E-state index in [1.165, 1.54) is 30.6 Å². The van der Waals surface area contributed by atoms with Crippen LogP contribution in [0.4, 0.5) is 5.82 Å². The molecule has 0 saturated carbocycles. The number of aromatic nitrogens is 1. The third-order valence-electron chi connectivity index (χ3n) is 5.59. The quantitative estimate of drug-likeness (QED) is 0.821. The summed E-state index contributed by atoms with van der Waals surface area (Å²) in [5, 5.41) is 0. The zero-order chi connectivity index (χ0) is 19.4. The number of nitrogens with two attached hydrogens (primary N) is 1. The van der Waals surface area contributed by atoms with Crippen LogP contribution in [-0.2, 0) is 12.8 Å². The Kier molecular flexibility index (Phi) is 6.38. The standard InChI is InChI=1S/C23H33N3O/c1-5-18-12-20(21-7-6-8-23(24)25-21)22(27-4)13-19(18)9-10-26-14-16(2)11-17(3)15-26/h6-8,12-13,16-17H,5,9-11,14-15H2,1-4H3,(H2,24,25). The van der Waals surface area contributed by atoms with Crippen LogP contribution in [0.25, 0.3) is 11.3 Å². The molecule has 1 fully saturated rings. The van der Waals surface area contributed by atoms with Gasteiger partial charge in [0.25, 0.3) is 0 Å². The van der Waals surface area contributed by atoms with Crippen molar-refractivity contribution in [3.05, 3.63) is 41.5 Å². The van der Waals surface area contributed by atoms with E-state index >= 15 is 0 Å². The minimum absolute atomic E-state index is 0.532. The molecule has 0 spiro atoms. The molecule has 1 aromatic heterocycles. The Balaban J connectivity index is 1.83. The van der Waals surface area contributed by atoms with E-state index in [1.807, 2.05) is 18.2 Å². The van der Waals surface area contributed by atoms with Crippen LogP contribution in [0.2, 0.25) is 0 Å². The van der Waals surface area contributed by atoms with Crippen LogP contribution in [0, 0.1) is 11.8 Å². The molecule has 2 heterocycles. The van der Waals surface area contributed by atoms with Gasteiger partial charge in [0, 0.05) is 25.2 Å². The summed E-state index contributed by atoms with van der Waals surface area (Å²) in [4.78, 5) is 7.11. The maximum absolute atomic E-state index is 5.88. The van der Waals surface area contributed by atoms with Gasteiger partial charge in [0.05, 0.1) is 12.8 Å². The van der Waals surface area contributed by atoms with Gasteiger partial charge < -0.3 is 15.4 Å². The minimum atomic E-state index is 0.532. The lowest BCUT2D eigenvalue weighted by Gasteiger charge is -2.35. The highest BCUT2D eigenvalue weighted by Gasteiger charge is 2.22. The van der Waals surface area contributed by atoms with Crippen LogP contribution >= 0.6 is 0 Å². The average Bonchev–Trinajstić information content (AvgIpc) is 2.65. The molecule has 27 heavy (non-hydrogen) atoms. The summed E-state index contributed by atoms with van der Waals surface area (Å²) in [5.74, 6) is 3.00. The van der Waals surface area contributed by atoms with Gasteiger partial charge in [-0.25, -0.2) is 4.98 Å². The van der Waals surface area contributed by atoms with Crippen LogP contribution in [0.5, 0.6) is 5.75 Å². The molecule has 0 bridgehead atoms. The van der Waals surface area contributed by atoms with Crippen molar-refractivity contribution in [1.29, 1.82) is 0 Å². The predicted octanol–water partition coefficient (Wildman–Crippen LogP) is 4.42. The number of hydrogen-bond acceptors (Lipinski definition) is 4. The Labute approximate surface area is 163 Å². The van der Waals surface area contributed by atoms with Gasteiger partial charge >= 0.3 is 0 Å². The molecule has 3 rings (SSSR count). The molecular weight excluding hydrogens is 334 g/mol. The molecule has 4 nitrogen and oxygen atoms in total. The predicted molar refractivity (Wildman–Crippen MR) is 113 cm³/mol. The van der Waals surface area contributed by atoms with Crippen LogP contribution in [0.3, 0.4) is 0 Å². The van der Waals surface area contributed by atoms with E-state index in [0.717, 1.165) is 48.2 Å². The second-order valence-electron chi connectivity index (χ2n) is 8.08. The molecule has 0 radical (unpaired) electrons. The number of aryl methyl sites for hydroxylation is 1. The minimum Gasteiger partial charge on any atom is -0.496 e. The number of ether oxygens (including phenoxy) is 1. The number of piperidine rings is 1. The SMILES string of the molecule is CCc1cc(-c2cccc(N)n2)c(OC)cc1CCN1CC(C)CC(C)C1. The summed E-state index contributed by atoms with van der Waals surface area (Å²) in [6, 6.07) is 10.2. The number of benzene rings is 1. The lowest BCUT2D eigenvalue weighted by Crippen LogP contribution is -2.39. The van der Waals surface area contributed by atoms with Crippen LogP contribution < -0.4 is 10.5 Å². The number of pyridine rings is 1. The largest absolute Gasteiger partial charge is 0.496 e. The summed E-state index contributed by atoms with van der Waals surface area (Å²) in [6.07, 6.45) is 3.41. The summed E-state index contributed by atoms with van der Waals surface area (Å²) in [6.45, 7) is 10.5. The molecule has 1 aliphatic heterocycles. The van der Waals surface area contributed by atoms with Gasteiger partial charge in [-0.1, -0.05) is 26.8 Å². The highest BCUT2D eigenvalue weighted by Crippen LogP contribution is 2.33. The molecule has 146 valence electrons. The molecule has 1 saturated heterocycles. The Morgan fingerprint density at radius 3 is 2.52 bits per heavy atom. The van der Waals surface area contributed by atoms with E-state index in [-0.39, 0.29) is 0 Å². The fourth-order valence-corrected chi connectivity index (χ4v) is 4.45. The maximum Gasteiger partial charge on any atom is 0.128 e. The van der Waals surface area contributed by atoms with E-state index in [9.17, 15) is 0 Å². The fraction of sp³-hybridized carbons (Fsp3) is 0.522. The lowest BCUT2D eigenvalue weighted by molar-refractivity contribution is 0.142. The normalized spacial score (nSPS) is 20.6. The average molecular weight is 368 g/mol. The van der Waals surface area contributed by atoms with E-state index in [0.29, 0.717) is 5.82 Å². The second kappa shape index (κ2) is 8.75. The Morgan fingerprint density at radius 1 is 1.15 bits per heavy atom. The number of nitrogen functional groups attached to an aromatic ring is 1. The maximum atomic E-state index is 5.88. The molecule has 2 atom stereocenters. The molecule has 2 aromatic rings. The van der Waals surface area contributed by atoms with Crippen molar-refractivity contribution in [2.24, 2.45) is 11.8 Å². The van der Waals surface area contributed by atoms with Gasteiger partial charge in [0.2, 0.25) is 0 Å². The lowest BCUT2D eigenvalue weighted by atomic mass is 9.91. The van der Waals surface area contributed by atoms with Gasteiger partial charge in [-0.2, -0.15) is 0 Å². The molecule has 0 aliphatic carbocycles. The summed E-state index contributed by atoms with van der Waals surface area (Å²) in [5.41, 5.74) is 10.5. The first-order valence-corrected chi connectivity index (χ1v) is 10.1. The fourth-order valence-electron chi connectivity index (χ4n) is 4.45. The van der Waals surface area contributed by atoms with Crippen molar-refractivity contribution >= 4 is 5.82 Å². The van der Waals surface area contributed by atoms with Gasteiger partial charge in [-0.05, 0) is 66.5 Å². The van der Waals surface area contributed by atoms with Crippen LogP contribution in [-0.4, -0.2) is 36.6 Å². The van der Waals surface area contributed by atoms with Crippen molar-refractivity contribution < 1.29 is 4.74 Å². The summed E-state index contributed by atoms with van der Waals surface area (Å²) < 4.78 is 5.71. The van der Waals surface area contributed by atoms with E-state index < -0.39 is 0 Å². The topological polar surface area (TPSA) is 51.4 Å². The monoisotopic (exact) mass is 367 g/mol. The first-order valence-electron chi connectivity index (χ1n) is 10.1. The van der Waals surface area contributed by atoms with Crippen LogP contribution in [0.1, 0.15) is 38.3 Å². The zero-order valence-electron chi connectivity index (χ0n) is 17.2. The van der Waals surface area contributed by atoms with Crippen molar-refractivity contribution in [2.75, 3.05) is 32.5 Å². The number of likely N-dealkylation sites (tertiary alicyclic amines) is 1. The Bertz CT molecular complexity index is 764. The Morgan fingerprint density at radius 2 is 1.89 bits per heavy atom. The molecule has 4 heteroatoms. The molecule has 1 aliphatic rings. The van der Waals surface area contributed by atoms with Gasteiger partial charge in [0.15, 0.2) is 0 Å². The highest BCUT2D eigenvalue weighted by molar-refractivity contribution is 5.70. The van der Waals surface area contributed by atoms with Crippen LogP contribution in [0.15, 0.2) is 30.3 Å². The second-order valence-corrected chi connectivity index (χ2v) is 8.08. The van der Waals surface area contributed by atoms with Gasteiger partial charge in [-0.15, -0.1) is 0 Å². The van der Waals surface area contributed by atoms with Gasteiger partial charge in [-0.3, -0.25) is 0 Å². The number of hydrogen-bond donors (Lipinski definition) is 1. The molecule has 1 aromatic carbocycles. The molecule has 0 amide bonds. The first kappa shape index (κ1) is 19.7. The third kappa shape index (κ3) is 4.81. The highest BCUT2D eigenvalue weighted by atomic mass is 16.5. The van der Waals surface area contributed by atoms with E-state index in [1.54, 1.807) is 7.11 Å². The smallest absolute Gasteiger partial charge is 0.128 e. The van der Waals surface area contributed by atoms with Crippen molar-refractivity contribution in [3.8, 4) is 17.0 Å². The van der Waals surface area contributed by atoms with Crippen molar-refractivity contribution in [1.82, 2.24) is 9.88 Å². The first-order chi connectivity index (χ1) is 13.0. The van der Waals surface area contributed by atoms with E-state index in [2.05, 4.69) is 42.8 Å². The molecule has 2 unspecified atom stereocenters. The number of methoxy groups -OCH3 is 1. The molecular formula is C23H33N3O.